The first-order valence-corrected chi connectivity index (χ1v) is 9.88. The molecule has 1 amide bonds. The number of hydrogen-bond donors (Lipinski definition) is 1. The lowest BCUT2D eigenvalue weighted by atomic mass is 9.97. The molecular formula is C22H24FN5O. The minimum Gasteiger partial charge on any atom is -0.352 e. The van der Waals surface area contributed by atoms with Crippen molar-refractivity contribution in [3.63, 3.8) is 0 Å². The molecule has 7 heteroatoms. The minimum absolute atomic E-state index is 0.0820. The van der Waals surface area contributed by atoms with E-state index in [0.717, 1.165) is 38.0 Å². The number of carbonyl (C=O) groups is 1. The van der Waals surface area contributed by atoms with E-state index in [0.29, 0.717) is 23.7 Å². The summed E-state index contributed by atoms with van der Waals surface area (Å²) in [5, 5.41) is 7.33. The molecule has 1 atom stereocenters. The zero-order valence-corrected chi connectivity index (χ0v) is 16.2. The van der Waals surface area contributed by atoms with E-state index in [1.54, 1.807) is 53.6 Å². The van der Waals surface area contributed by atoms with Crippen molar-refractivity contribution in [1.82, 2.24) is 25.0 Å². The van der Waals surface area contributed by atoms with Crippen molar-refractivity contribution in [3.05, 3.63) is 78.1 Å². The second kappa shape index (κ2) is 8.96. The van der Waals surface area contributed by atoms with Crippen molar-refractivity contribution in [2.75, 3.05) is 19.6 Å². The molecule has 2 aromatic heterocycles. The van der Waals surface area contributed by atoms with Crippen LogP contribution in [0.5, 0.6) is 0 Å². The Labute approximate surface area is 169 Å². The maximum atomic E-state index is 14.0. The molecule has 3 aromatic rings. The van der Waals surface area contributed by atoms with Gasteiger partial charge in [-0.15, -0.1) is 0 Å². The van der Waals surface area contributed by atoms with Gasteiger partial charge in [0.15, 0.2) is 0 Å². The minimum atomic E-state index is -0.287. The van der Waals surface area contributed by atoms with Gasteiger partial charge in [-0.3, -0.25) is 14.7 Å². The second-order valence-electron chi connectivity index (χ2n) is 7.44. The van der Waals surface area contributed by atoms with Gasteiger partial charge in [0.05, 0.1) is 11.8 Å². The SMILES string of the molecule is O=C(NCC1CCCN(Cc2cnn(-c3ccccc3F)c2)C1)c1cccnc1. The van der Waals surface area contributed by atoms with Gasteiger partial charge in [-0.1, -0.05) is 12.1 Å². The fourth-order valence-corrected chi connectivity index (χ4v) is 3.77. The summed E-state index contributed by atoms with van der Waals surface area (Å²) in [5.41, 5.74) is 2.09. The maximum Gasteiger partial charge on any atom is 0.252 e. The van der Waals surface area contributed by atoms with Crippen LogP contribution in [0.4, 0.5) is 4.39 Å². The van der Waals surface area contributed by atoms with Crippen molar-refractivity contribution in [3.8, 4) is 5.69 Å². The van der Waals surface area contributed by atoms with Crippen LogP contribution in [-0.4, -0.2) is 45.2 Å². The lowest BCUT2D eigenvalue weighted by molar-refractivity contribution is 0.0930. The third-order valence-corrected chi connectivity index (χ3v) is 5.22. The molecule has 4 rings (SSSR count). The summed E-state index contributed by atoms with van der Waals surface area (Å²) in [6, 6.07) is 10.2. The fourth-order valence-electron chi connectivity index (χ4n) is 3.77. The summed E-state index contributed by atoms with van der Waals surface area (Å²) in [6.07, 6.45) is 9.10. The van der Waals surface area contributed by atoms with Crippen molar-refractivity contribution in [1.29, 1.82) is 0 Å². The summed E-state index contributed by atoms with van der Waals surface area (Å²) in [4.78, 5) is 18.6. The third kappa shape index (κ3) is 4.86. The molecule has 1 aliphatic rings. The lowest BCUT2D eigenvalue weighted by Gasteiger charge is -2.32. The summed E-state index contributed by atoms with van der Waals surface area (Å²) in [7, 11) is 0. The number of para-hydroxylation sites is 1. The van der Waals surface area contributed by atoms with Gasteiger partial charge in [-0.05, 0) is 49.6 Å². The van der Waals surface area contributed by atoms with E-state index in [4.69, 9.17) is 0 Å². The second-order valence-corrected chi connectivity index (χ2v) is 7.44. The molecule has 1 aromatic carbocycles. The molecule has 1 fully saturated rings. The van der Waals surface area contributed by atoms with E-state index in [1.807, 2.05) is 6.20 Å². The predicted octanol–water partition coefficient (Wildman–Crippen LogP) is 3.05. The molecule has 0 aliphatic carbocycles. The monoisotopic (exact) mass is 393 g/mol. The summed E-state index contributed by atoms with van der Waals surface area (Å²) >= 11 is 0. The standard InChI is InChI=1S/C22H24FN5O/c23-20-7-1-2-8-21(20)28-16-18(12-26-28)15-27-10-4-5-17(14-27)11-25-22(29)19-6-3-9-24-13-19/h1-3,6-9,12-13,16-17H,4-5,10-11,14-15H2,(H,25,29). The quantitative estimate of drug-likeness (QED) is 0.699. The zero-order valence-electron chi connectivity index (χ0n) is 16.2. The molecule has 6 nitrogen and oxygen atoms in total. The number of piperidine rings is 1. The largest absolute Gasteiger partial charge is 0.352 e. The summed E-state index contributed by atoms with van der Waals surface area (Å²) in [6.45, 7) is 3.34. The molecule has 0 radical (unpaired) electrons. The molecule has 0 bridgehead atoms. The van der Waals surface area contributed by atoms with E-state index in [-0.39, 0.29) is 11.7 Å². The van der Waals surface area contributed by atoms with E-state index in [9.17, 15) is 9.18 Å². The highest BCUT2D eigenvalue weighted by Gasteiger charge is 2.21. The van der Waals surface area contributed by atoms with Gasteiger partial charge in [0.2, 0.25) is 0 Å². The molecule has 1 saturated heterocycles. The number of nitrogens with zero attached hydrogens (tertiary/aromatic N) is 4. The van der Waals surface area contributed by atoms with Crippen molar-refractivity contribution >= 4 is 5.91 Å². The van der Waals surface area contributed by atoms with Crippen LogP contribution in [0.3, 0.4) is 0 Å². The van der Waals surface area contributed by atoms with Crippen LogP contribution in [0.15, 0.2) is 61.2 Å². The highest BCUT2D eigenvalue weighted by atomic mass is 19.1. The first kappa shape index (κ1) is 19.3. The topological polar surface area (TPSA) is 63.1 Å². The van der Waals surface area contributed by atoms with E-state index < -0.39 is 0 Å². The van der Waals surface area contributed by atoms with Crippen LogP contribution in [0.25, 0.3) is 5.69 Å². The third-order valence-electron chi connectivity index (χ3n) is 5.22. The van der Waals surface area contributed by atoms with Crippen LogP contribution < -0.4 is 5.32 Å². The smallest absolute Gasteiger partial charge is 0.252 e. The molecule has 1 unspecified atom stereocenters. The van der Waals surface area contributed by atoms with E-state index in [2.05, 4.69) is 20.3 Å². The Morgan fingerprint density at radius 2 is 2.10 bits per heavy atom. The number of amides is 1. The Hall–Kier alpha value is -3.06. The Morgan fingerprint density at radius 3 is 2.93 bits per heavy atom. The first-order valence-electron chi connectivity index (χ1n) is 9.88. The van der Waals surface area contributed by atoms with Gasteiger partial charge in [0.25, 0.3) is 5.91 Å². The molecule has 1 N–H and O–H groups in total. The number of pyridine rings is 1. The average molecular weight is 393 g/mol. The van der Waals surface area contributed by atoms with Crippen LogP contribution in [0.1, 0.15) is 28.8 Å². The predicted molar refractivity (Wildman–Crippen MR) is 108 cm³/mol. The van der Waals surface area contributed by atoms with Crippen molar-refractivity contribution < 1.29 is 9.18 Å². The molecule has 150 valence electrons. The van der Waals surface area contributed by atoms with Crippen molar-refractivity contribution in [2.24, 2.45) is 5.92 Å². The van der Waals surface area contributed by atoms with Gasteiger partial charge in [0.1, 0.15) is 11.5 Å². The first-order chi connectivity index (χ1) is 14.2. The number of hydrogen-bond acceptors (Lipinski definition) is 4. The van der Waals surface area contributed by atoms with Gasteiger partial charge >= 0.3 is 0 Å². The van der Waals surface area contributed by atoms with Crippen LogP contribution in [0, 0.1) is 11.7 Å². The molecule has 29 heavy (non-hydrogen) atoms. The Bertz CT molecular complexity index is 959. The van der Waals surface area contributed by atoms with E-state index in [1.165, 1.54) is 6.07 Å². The summed E-state index contributed by atoms with van der Waals surface area (Å²) in [5.74, 6) is 0.0388. The zero-order chi connectivity index (χ0) is 20.1. The van der Waals surface area contributed by atoms with Crippen LogP contribution >= 0.6 is 0 Å². The van der Waals surface area contributed by atoms with E-state index >= 15 is 0 Å². The molecule has 0 saturated carbocycles. The number of carbonyl (C=O) groups excluding carboxylic acids is 1. The number of nitrogens with one attached hydrogen (secondary N) is 1. The number of aromatic nitrogens is 3. The molecule has 1 aliphatic heterocycles. The van der Waals surface area contributed by atoms with Gasteiger partial charge in [-0.2, -0.15) is 5.10 Å². The molecule has 3 heterocycles. The van der Waals surface area contributed by atoms with Gasteiger partial charge < -0.3 is 5.32 Å². The number of halogens is 1. The van der Waals surface area contributed by atoms with Crippen LogP contribution in [-0.2, 0) is 6.54 Å². The molecular weight excluding hydrogens is 369 g/mol. The fraction of sp³-hybridized carbons (Fsp3) is 0.318. The number of likely N-dealkylation sites (tertiary alicyclic amines) is 1. The van der Waals surface area contributed by atoms with Crippen LogP contribution in [0.2, 0.25) is 0 Å². The Kier molecular flexibility index (Phi) is 5.95. The summed E-state index contributed by atoms with van der Waals surface area (Å²) < 4.78 is 15.5. The molecule has 0 spiro atoms. The number of rotatable bonds is 6. The lowest BCUT2D eigenvalue weighted by Crippen LogP contribution is -2.40. The maximum absolute atomic E-state index is 14.0. The highest BCUT2D eigenvalue weighted by molar-refractivity contribution is 5.93. The van der Waals surface area contributed by atoms with Gasteiger partial charge in [0, 0.05) is 43.8 Å². The average Bonchev–Trinajstić information content (AvgIpc) is 3.21. The number of benzene rings is 1. The Morgan fingerprint density at radius 1 is 1.21 bits per heavy atom. The van der Waals surface area contributed by atoms with Crippen molar-refractivity contribution in [2.45, 2.75) is 19.4 Å². The highest BCUT2D eigenvalue weighted by Crippen LogP contribution is 2.19. The van der Waals surface area contributed by atoms with Gasteiger partial charge in [-0.25, -0.2) is 9.07 Å². The normalized spacial score (nSPS) is 17.2. The Balaban J connectivity index is 1.31.